The summed E-state index contributed by atoms with van der Waals surface area (Å²) in [7, 11) is 0. The van der Waals surface area contributed by atoms with Crippen molar-refractivity contribution in [1.29, 1.82) is 5.26 Å². The highest BCUT2D eigenvalue weighted by atomic mass is 19.1. The van der Waals surface area contributed by atoms with E-state index in [1.165, 1.54) is 23.0 Å². The molecule has 1 spiro atoms. The van der Waals surface area contributed by atoms with Crippen LogP contribution in [-0.4, -0.2) is 51.4 Å². The van der Waals surface area contributed by atoms with Crippen LogP contribution in [0, 0.1) is 28.8 Å². The van der Waals surface area contributed by atoms with Crippen LogP contribution in [-0.2, 0) is 9.47 Å². The number of piperidine rings is 1. The first-order valence-corrected chi connectivity index (χ1v) is 12.8. The summed E-state index contributed by atoms with van der Waals surface area (Å²) in [5.74, 6) is -4.55. The lowest BCUT2D eigenvalue weighted by Crippen LogP contribution is -2.48. The highest BCUT2D eigenvalue weighted by Gasteiger charge is 2.45. The average Bonchev–Trinajstić information content (AvgIpc) is 3.30. The number of likely N-dealkylation sites (tertiary alicyclic amines) is 1. The van der Waals surface area contributed by atoms with Crippen molar-refractivity contribution < 1.29 is 32.2 Å². The van der Waals surface area contributed by atoms with Gasteiger partial charge in [0.05, 0.1) is 30.1 Å². The fourth-order valence-electron chi connectivity index (χ4n) is 5.12. The van der Waals surface area contributed by atoms with Crippen molar-refractivity contribution in [1.82, 2.24) is 14.5 Å². The van der Waals surface area contributed by atoms with Crippen molar-refractivity contribution in [3.63, 3.8) is 0 Å². The molecule has 0 bridgehead atoms. The molecule has 210 valence electrons. The van der Waals surface area contributed by atoms with Gasteiger partial charge in [0.2, 0.25) is 0 Å². The van der Waals surface area contributed by atoms with Crippen molar-refractivity contribution >= 4 is 17.0 Å². The first-order chi connectivity index (χ1) is 18.9. The summed E-state index contributed by atoms with van der Waals surface area (Å²) in [4.78, 5) is 31.7. The van der Waals surface area contributed by atoms with E-state index in [4.69, 9.17) is 14.2 Å². The summed E-state index contributed by atoms with van der Waals surface area (Å²) in [5, 5.41) is 8.81. The molecule has 9 nitrogen and oxygen atoms in total. The lowest BCUT2D eigenvalue weighted by atomic mass is 9.87. The van der Waals surface area contributed by atoms with Crippen LogP contribution < -0.4 is 10.3 Å². The van der Waals surface area contributed by atoms with E-state index < -0.39 is 62.7 Å². The van der Waals surface area contributed by atoms with Crippen LogP contribution in [0.2, 0.25) is 0 Å². The van der Waals surface area contributed by atoms with Gasteiger partial charge in [-0.2, -0.15) is 5.26 Å². The maximum Gasteiger partial charge on any atom is 0.410 e. The maximum absolute atomic E-state index is 15.6. The molecule has 2 aromatic carbocycles. The molecule has 1 aromatic heterocycles. The molecule has 5 rings (SSSR count). The van der Waals surface area contributed by atoms with Crippen LogP contribution in [0.5, 0.6) is 11.5 Å². The molecule has 2 aliphatic rings. The van der Waals surface area contributed by atoms with E-state index in [1.807, 2.05) is 0 Å². The van der Waals surface area contributed by atoms with Crippen molar-refractivity contribution in [3.05, 3.63) is 64.0 Å². The highest BCUT2D eigenvalue weighted by molar-refractivity contribution is 5.80. The third-order valence-corrected chi connectivity index (χ3v) is 7.15. The van der Waals surface area contributed by atoms with Gasteiger partial charge in [0.15, 0.2) is 23.1 Å². The number of aromatic nitrogens is 2. The van der Waals surface area contributed by atoms with Gasteiger partial charge >= 0.3 is 6.09 Å². The predicted octanol–water partition coefficient (Wildman–Crippen LogP) is 5.21. The Labute approximate surface area is 227 Å². The average molecular weight is 557 g/mol. The van der Waals surface area contributed by atoms with Gasteiger partial charge in [-0.3, -0.25) is 9.36 Å². The molecule has 0 aliphatic carbocycles. The van der Waals surface area contributed by atoms with E-state index >= 15 is 4.39 Å². The van der Waals surface area contributed by atoms with Crippen molar-refractivity contribution in [2.24, 2.45) is 0 Å². The molecule has 3 aromatic rings. The topological polar surface area (TPSA) is 107 Å². The van der Waals surface area contributed by atoms with Crippen LogP contribution in [0.3, 0.4) is 0 Å². The van der Waals surface area contributed by atoms with Gasteiger partial charge < -0.3 is 19.1 Å². The number of hydrogen-bond acceptors (Lipinski definition) is 7. The number of carbonyl (C=O) groups excluding carboxylic acids is 1. The second kappa shape index (κ2) is 10.1. The SMILES string of the molecule is CC(C)(C)OC(=O)N1CCC2(CC1)C[C@@H](n1cnc3ccc(Oc4c(F)ccc(F)c4C#N)c(F)c3c1=O)CO2. The van der Waals surface area contributed by atoms with Crippen LogP contribution in [0.15, 0.2) is 35.4 Å². The summed E-state index contributed by atoms with van der Waals surface area (Å²) < 4.78 is 62.0. The molecular weight excluding hydrogens is 529 g/mol. The summed E-state index contributed by atoms with van der Waals surface area (Å²) in [6.45, 7) is 6.47. The first-order valence-electron chi connectivity index (χ1n) is 12.8. The van der Waals surface area contributed by atoms with Crippen LogP contribution in [0.4, 0.5) is 18.0 Å². The molecule has 1 amide bonds. The Kier molecular flexibility index (Phi) is 6.95. The Morgan fingerprint density at radius 3 is 2.52 bits per heavy atom. The second-order valence-electron chi connectivity index (χ2n) is 11.0. The van der Waals surface area contributed by atoms with E-state index in [2.05, 4.69) is 4.98 Å². The second-order valence-corrected chi connectivity index (χ2v) is 11.0. The van der Waals surface area contributed by atoms with Gasteiger partial charge in [0.25, 0.3) is 5.56 Å². The lowest BCUT2D eigenvalue weighted by molar-refractivity contribution is -0.0486. The number of halogens is 3. The Balaban J connectivity index is 1.38. The number of hydrogen-bond donors (Lipinski definition) is 0. The number of benzene rings is 2. The number of nitriles is 1. The zero-order chi connectivity index (χ0) is 28.8. The van der Waals surface area contributed by atoms with Gasteiger partial charge in [0.1, 0.15) is 28.4 Å². The molecule has 0 radical (unpaired) electrons. The molecular formula is C28H27F3N4O5. The quantitative estimate of drug-likeness (QED) is 0.436. The monoisotopic (exact) mass is 556 g/mol. The van der Waals surface area contributed by atoms with E-state index in [1.54, 1.807) is 25.7 Å². The van der Waals surface area contributed by atoms with E-state index in [0.717, 1.165) is 18.2 Å². The van der Waals surface area contributed by atoms with Gasteiger partial charge in [-0.15, -0.1) is 0 Å². The van der Waals surface area contributed by atoms with Crippen LogP contribution >= 0.6 is 0 Å². The number of carbonyl (C=O) groups is 1. The fraction of sp³-hybridized carbons (Fsp3) is 0.429. The maximum atomic E-state index is 15.6. The molecule has 0 N–H and O–H groups in total. The lowest BCUT2D eigenvalue weighted by Gasteiger charge is -2.39. The molecule has 2 aliphatic heterocycles. The van der Waals surface area contributed by atoms with E-state index in [-0.39, 0.29) is 18.2 Å². The molecule has 1 atom stereocenters. The summed E-state index contributed by atoms with van der Waals surface area (Å²) in [6, 6.07) is 5.04. The zero-order valence-corrected chi connectivity index (χ0v) is 22.2. The predicted molar refractivity (Wildman–Crippen MR) is 136 cm³/mol. The molecule has 3 heterocycles. The van der Waals surface area contributed by atoms with Crippen molar-refractivity contribution in [2.75, 3.05) is 19.7 Å². The third kappa shape index (κ3) is 5.09. The van der Waals surface area contributed by atoms with E-state index in [9.17, 15) is 23.6 Å². The normalized spacial score (nSPS) is 18.6. The molecule has 40 heavy (non-hydrogen) atoms. The molecule has 0 unspecified atom stereocenters. The van der Waals surface area contributed by atoms with Gasteiger partial charge in [0, 0.05) is 13.1 Å². The Morgan fingerprint density at radius 2 is 1.85 bits per heavy atom. The zero-order valence-electron chi connectivity index (χ0n) is 22.2. The number of rotatable bonds is 3. The largest absolute Gasteiger partial charge is 0.450 e. The minimum atomic E-state index is -1.11. The first kappa shape index (κ1) is 27.5. The van der Waals surface area contributed by atoms with E-state index in [0.29, 0.717) is 32.4 Å². The Morgan fingerprint density at radius 1 is 1.15 bits per heavy atom. The van der Waals surface area contributed by atoms with Crippen LogP contribution in [0.25, 0.3) is 10.9 Å². The van der Waals surface area contributed by atoms with Gasteiger partial charge in [-0.25, -0.2) is 22.9 Å². The Bertz CT molecular complexity index is 1590. The van der Waals surface area contributed by atoms with Crippen LogP contribution in [0.1, 0.15) is 51.6 Å². The molecule has 2 saturated heterocycles. The Hall–Kier alpha value is -4.11. The smallest absolute Gasteiger partial charge is 0.410 e. The number of ether oxygens (including phenoxy) is 3. The van der Waals surface area contributed by atoms with Gasteiger partial charge in [-0.05, 0) is 64.3 Å². The molecule has 0 saturated carbocycles. The fourth-order valence-corrected chi connectivity index (χ4v) is 5.12. The van der Waals surface area contributed by atoms with Crippen molar-refractivity contribution in [2.45, 2.75) is 57.3 Å². The number of amides is 1. The third-order valence-electron chi connectivity index (χ3n) is 7.15. The number of nitrogens with zero attached hydrogens (tertiary/aromatic N) is 4. The highest BCUT2D eigenvalue weighted by Crippen LogP contribution is 2.41. The summed E-state index contributed by atoms with van der Waals surface area (Å²) in [6.07, 6.45) is 2.49. The van der Waals surface area contributed by atoms with Crippen molar-refractivity contribution in [3.8, 4) is 17.6 Å². The van der Waals surface area contributed by atoms with Gasteiger partial charge in [-0.1, -0.05) is 0 Å². The summed E-state index contributed by atoms with van der Waals surface area (Å²) >= 11 is 0. The minimum absolute atomic E-state index is 0.0469. The number of fused-ring (bicyclic) bond motifs is 1. The molecule has 2 fully saturated rings. The molecule has 12 heteroatoms. The minimum Gasteiger partial charge on any atom is -0.450 e. The standard InChI is InChI=1S/C28H27F3N4O5/c1-27(2,3)40-26(37)34-10-8-28(9-11-34)12-16(14-38-28)35-15-33-20-6-7-21(23(31)22(20)25(35)36)39-24-17(13-32)18(29)4-5-19(24)30/h4-7,15-16H,8-12,14H2,1-3H3/t16-/m1/s1. The summed E-state index contributed by atoms with van der Waals surface area (Å²) in [5.41, 5.74) is -2.52.